The molecule has 13 heavy (non-hydrogen) atoms. The number of unbranched alkanes of at least 4 members (excludes halogenated alkanes) is 1. The van der Waals surface area contributed by atoms with Crippen LogP contribution >= 0.6 is 23.8 Å². The molecule has 5 heteroatoms. The predicted octanol–water partition coefficient (Wildman–Crippen LogP) is 1.99. The van der Waals surface area contributed by atoms with Gasteiger partial charge >= 0.3 is 0 Å². The van der Waals surface area contributed by atoms with Crippen molar-refractivity contribution in [3.63, 3.8) is 0 Å². The van der Waals surface area contributed by atoms with Gasteiger partial charge in [-0.25, -0.2) is 0 Å². The van der Waals surface area contributed by atoms with Crippen molar-refractivity contribution in [2.45, 2.75) is 25.8 Å². The van der Waals surface area contributed by atoms with Crippen LogP contribution in [-0.2, 0) is 6.54 Å². The Morgan fingerprint density at radius 2 is 2.38 bits per heavy atom. The maximum absolute atomic E-state index is 5.70. The van der Waals surface area contributed by atoms with Gasteiger partial charge in [0.1, 0.15) is 0 Å². The van der Waals surface area contributed by atoms with Crippen molar-refractivity contribution in [3.05, 3.63) is 17.4 Å². The first-order chi connectivity index (χ1) is 6.18. The Balaban J connectivity index is 2.16. The maximum Gasteiger partial charge on any atom is 0.0785 e. The van der Waals surface area contributed by atoms with Gasteiger partial charge in [0.05, 0.1) is 16.2 Å². The van der Waals surface area contributed by atoms with Crippen LogP contribution < -0.4 is 5.73 Å². The smallest absolute Gasteiger partial charge is 0.0785 e. The van der Waals surface area contributed by atoms with Gasteiger partial charge in [-0.05, 0) is 19.3 Å². The minimum absolute atomic E-state index is 0.582. The Labute approximate surface area is 87.9 Å². The number of halogens is 1. The molecule has 0 unspecified atom stereocenters. The zero-order chi connectivity index (χ0) is 9.68. The number of nitrogens with zero attached hydrogens (tertiary/aromatic N) is 2. The Kier molecular flexibility index (Phi) is 4.18. The van der Waals surface area contributed by atoms with Crippen molar-refractivity contribution in [3.8, 4) is 0 Å². The highest BCUT2D eigenvalue weighted by Crippen LogP contribution is 2.06. The maximum atomic E-state index is 5.70. The lowest BCUT2D eigenvalue weighted by Gasteiger charge is -2.00. The summed E-state index contributed by atoms with van der Waals surface area (Å²) in [5, 5.41) is 4.73. The summed E-state index contributed by atoms with van der Waals surface area (Å²) in [4.78, 5) is 0.582. The average molecular weight is 218 g/mol. The van der Waals surface area contributed by atoms with Gasteiger partial charge in [-0.1, -0.05) is 23.8 Å². The van der Waals surface area contributed by atoms with Crippen LogP contribution in [0, 0.1) is 0 Å². The average Bonchev–Trinajstić information content (AvgIpc) is 2.45. The first-order valence-corrected chi connectivity index (χ1v) is 4.93. The molecule has 3 nitrogen and oxygen atoms in total. The second-order valence-corrected chi connectivity index (χ2v) is 3.81. The summed E-state index contributed by atoms with van der Waals surface area (Å²) in [5.41, 5.74) is 5.36. The van der Waals surface area contributed by atoms with E-state index in [1.807, 2.05) is 10.9 Å². The lowest BCUT2D eigenvalue weighted by molar-refractivity contribution is 0.564. The van der Waals surface area contributed by atoms with Crippen LogP contribution in [0.4, 0.5) is 0 Å². The normalized spacial score (nSPS) is 10.2. The summed E-state index contributed by atoms with van der Waals surface area (Å²) >= 11 is 10.5. The van der Waals surface area contributed by atoms with E-state index in [4.69, 9.17) is 29.6 Å². The van der Waals surface area contributed by atoms with Gasteiger partial charge in [0.15, 0.2) is 0 Å². The standard InChI is InChI=1S/C8H12ClN3S/c9-7-5-11-12(6-7)4-2-1-3-8(10)13/h5-6H,1-4H2,(H2,10,13). The molecule has 1 aromatic rings. The van der Waals surface area contributed by atoms with Crippen LogP contribution in [0.5, 0.6) is 0 Å². The predicted molar refractivity (Wildman–Crippen MR) is 57.9 cm³/mol. The second kappa shape index (κ2) is 5.19. The first kappa shape index (κ1) is 10.5. The topological polar surface area (TPSA) is 43.8 Å². The molecule has 2 N–H and O–H groups in total. The number of thiocarbonyl (C=S) groups is 1. The molecule has 0 fully saturated rings. The van der Waals surface area contributed by atoms with Crippen LogP contribution in [0.1, 0.15) is 19.3 Å². The lowest BCUT2D eigenvalue weighted by Crippen LogP contribution is -2.07. The zero-order valence-corrected chi connectivity index (χ0v) is 8.81. The summed E-state index contributed by atoms with van der Waals surface area (Å²) < 4.78 is 1.82. The quantitative estimate of drug-likeness (QED) is 0.606. The van der Waals surface area contributed by atoms with E-state index in [-0.39, 0.29) is 0 Å². The number of hydrogen-bond acceptors (Lipinski definition) is 2. The molecule has 1 rings (SSSR count). The summed E-state index contributed by atoms with van der Waals surface area (Å²) in [7, 11) is 0. The van der Waals surface area contributed by atoms with Crippen molar-refractivity contribution in [1.82, 2.24) is 9.78 Å². The van der Waals surface area contributed by atoms with E-state index in [1.165, 1.54) is 0 Å². The minimum Gasteiger partial charge on any atom is -0.393 e. The molecule has 0 aliphatic rings. The van der Waals surface area contributed by atoms with Crippen molar-refractivity contribution < 1.29 is 0 Å². The highest BCUT2D eigenvalue weighted by molar-refractivity contribution is 7.80. The molecule has 0 amide bonds. The number of hydrogen-bond donors (Lipinski definition) is 1. The number of aromatic nitrogens is 2. The fourth-order valence-electron chi connectivity index (χ4n) is 1.03. The van der Waals surface area contributed by atoms with Crippen LogP contribution in [0.2, 0.25) is 5.02 Å². The molecule has 0 spiro atoms. The zero-order valence-electron chi connectivity index (χ0n) is 7.24. The second-order valence-electron chi connectivity index (χ2n) is 2.85. The monoisotopic (exact) mass is 217 g/mol. The molecule has 0 bridgehead atoms. The Morgan fingerprint density at radius 3 is 2.92 bits per heavy atom. The summed E-state index contributed by atoms with van der Waals surface area (Å²) in [5.74, 6) is 0. The third kappa shape index (κ3) is 4.24. The van der Waals surface area contributed by atoms with Crippen LogP contribution in [0.3, 0.4) is 0 Å². The fraction of sp³-hybridized carbons (Fsp3) is 0.500. The highest BCUT2D eigenvalue weighted by atomic mass is 35.5. The van der Waals surface area contributed by atoms with Gasteiger partial charge in [-0.15, -0.1) is 0 Å². The van der Waals surface area contributed by atoms with Crippen molar-refractivity contribution in [1.29, 1.82) is 0 Å². The number of aryl methyl sites for hydroxylation is 1. The Morgan fingerprint density at radius 1 is 1.62 bits per heavy atom. The molecule has 0 aliphatic heterocycles. The van der Waals surface area contributed by atoms with E-state index in [2.05, 4.69) is 5.10 Å². The molecule has 0 radical (unpaired) electrons. The van der Waals surface area contributed by atoms with Gasteiger partial charge in [-0.2, -0.15) is 5.10 Å². The van der Waals surface area contributed by atoms with Crippen LogP contribution in [0.15, 0.2) is 12.4 Å². The molecule has 0 aromatic carbocycles. The van der Waals surface area contributed by atoms with E-state index in [1.54, 1.807) is 6.20 Å². The Hall–Kier alpha value is -0.610. The molecule has 0 aliphatic carbocycles. The van der Waals surface area contributed by atoms with Gasteiger partial charge < -0.3 is 5.73 Å². The van der Waals surface area contributed by atoms with Gasteiger partial charge in [0, 0.05) is 12.7 Å². The van der Waals surface area contributed by atoms with Gasteiger partial charge in [-0.3, -0.25) is 4.68 Å². The van der Waals surface area contributed by atoms with E-state index in [0.29, 0.717) is 10.0 Å². The lowest BCUT2D eigenvalue weighted by atomic mass is 10.2. The van der Waals surface area contributed by atoms with Crippen molar-refractivity contribution in [2.24, 2.45) is 5.73 Å². The van der Waals surface area contributed by atoms with E-state index in [0.717, 1.165) is 25.8 Å². The molecule has 1 aromatic heterocycles. The van der Waals surface area contributed by atoms with Crippen molar-refractivity contribution >= 4 is 28.8 Å². The van der Waals surface area contributed by atoms with Crippen molar-refractivity contribution in [2.75, 3.05) is 0 Å². The van der Waals surface area contributed by atoms with Crippen LogP contribution in [0.25, 0.3) is 0 Å². The molecule has 0 saturated heterocycles. The third-order valence-electron chi connectivity index (χ3n) is 1.66. The van der Waals surface area contributed by atoms with Crippen LogP contribution in [-0.4, -0.2) is 14.8 Å². The third-order valence-corrected chi connectivity index (χ3v) is 2.06. The molecular weight excluding hydrogens is 206 g/mol. The Bertz CT molecular complexity index is 285. The number of rotatable bonds is 5. The minimum atomic E-state index is 0.582. The molecule has 0 saturated carbocycles. The van der Waals surface area contributed by atoms with E-state index < -0.39 is 0 Å². The molecular formula is C8H12ClN3S. The molecule has 0 atom stereocenters. The molecule has 1 heterocycles. The molecule has 72 valence electrons. The summed E-state index contributed by atoms with van der Waals surface area (Å²) in [6.07, 6.45) is 6.28. The summed E-state index contributed by atoms with van der Waals surface area (Å²) in [6, 6.07) is 0. The largest absolute Gasteiger partial charge is 0.393 e. The fourth-order valence-corrected chi connectivity index (χ4v) is 1.33. The highest BCUT2D eigenvalue weighted by Gasteiger charge is 1.95. The summed E-state index contributed by atoms with van der Waals surface area (Å²) in [6.45, 7) is 0.870. The first-order valence-electron chi connectivity index (χ1n) is 4.15. The van der Waals surface area contributed by atoms with E-state index in [9.17, 15) is 0 Å². The van der Waals surface area contributed by atoms with E-state index >= 15 is 0 Å². The van der Waals surface area contributed by atoms with Gasteiger partial charge in [0.2, 0.25) is 0 Å². The number of nitrogens with two attached hydrogens (primary N) is 1. The SMILES string of the molecule is NC(=S)CCCCn1cc(Cl)cn1. The van der Waals surface area contributed by atoms with Gasteiger partial charge in [0.25, 0.3) is 0 Å².